The third-order valence-corrected chi connectivity index (χ3v) is 4.34. The van der Waals surface area contributed by atoms with Crippen molar-refractivity contribution in [3.05, 3.63) is 42.9 Å². The monoisotopic (exact) mass is 352 g/mol. The van der Waals surface area contributed by atoms with Crippen molar-refractivity contribution in [3.63, 3.8) is 0 Å². The highest BCUT2D eigenvalue weighted by Gasteiger charge is 2.13. The van der Waals surface area contributed by atoms with E-state index in [1.165, 1.54) is 0 Å². The third-order valence-electron chi connectivity index (χ3n) is 4.34. The Morgan fingerprint density at radius 3 is 2.77 bits per heavy atom. The van der Waals surface area contributed by atoms with E-state index in [9.17, 15) is 5.11 Å². The van der Waals surface area contributed by atoms with Gasteiger partial charge < -0.3 is 15.7 Å². The summed E-state index contributed by atoms with van der Waals surface area (Å²) < 4.78 is 1.74. The van der Waals surface area contributed by atoms with Gasteiger partial charge in [-0.2, -0.15) is 5.10 Å². The van der Waals surface area contributed by atoms with Gasteiger partial charge in [-0.15, -0.1) is 0 Å². The molecule has 2 heterocycles. The first-order valence-corrected chi connectivity index (χ1v) is 8.60. The van der Waals surface area contributed by atoms with Crippen LogP contribution in [0.2, 0.25) is 0 Å². The van der Waals surface area contributed by atoms with Gasteiger partial charge in [-0.3, -0.25) is 4.68 Å². The quantitative estimate of drug-likeness (QED) is 0.708. The molecule has 0 amide bonds. The molecule has 7 nitrogen and oxygen atoms in total. The number of likely N-dealkylation sites (N-methyl/N-ethyl adjacent to an activating group) is 1. The van der Waals surface area contributed by atoms with Crippen molar-refractivity contribution < 1.29 is 5.11 Å². The molecule has 0 bridgehead atoms. The Bertz CT molecular complexity index is 891. The Morgan fingerprint density at radius 2 is 2.08 bits per heavy atom. The van der Waals surface area contributed by atoms with Crippen molar-refractivity contribution >= 4 is 5.82 Å². The summed E-state index contributed by atoms with van der Waals surface area (Å²) in [6, 6.07) is 7.31. The molecule has 136 valence electrons. The highest BCUT2D eigenvalue weighted by Crippen LogP contribution is 2.32. The molecule has 2 aromatic heterocycles. The summed E-state index contributed by atoms with van der Waals surface area (Å²) in [6.45, 7) is 2.76. The van der Waals surface area contributed by atoms with E-state index in [4.69, 9.17) is 5.73 Å². The summed E-state index contributed by atoms with van der Waals surface area (Å²) in [5, 5.41) is 14.5. The minimum Gasteiger partial charge on any atom is -0.507 e. The molecule has 7 heteroatoms. The fourth-order valence-corrected chi connectivity index (χ4v) is 2.73. The second-order valence-electron chi connectivity index (χ2n) is 6.42. The maximum atomic E-state index is 10.3. The molecule has 0 aliphatic rings. The molecule has 0 radical (unpaired) electrons. The first-order valence-electron chi connectivity index (χ1n) is 8.60. The van der Waals surface area contributed by atoms with Crippen LogP contribution >= 0.6 is 0 Å². The van der Waals surface area contributed by atoms with Crippen molar-refractivity contribution in [1.29, 1.82) is 0 Å². The molecule has 0 fully saturated rings. The van der Waals surface area contributed by atoms with Crippen LogP contribution in [0.15, 0.2) is 42.9 Å². The molecule has 0 aliphatic heterocycles. The molecule has 1 aromatic carbocycles. The third kappa shape index (κ3) is 3.83. The lowest BCUT2D eigenvalue weighted by molar-refractivity contribution is 0.477. The zero-order valence-electron chi connectivity index (χ0n) is 15.3. The summed E-state index contributed by atoms with van der Waals surface area (Å²) in [4.78, 5) is 11.0. The lowest BCUT2D eigenvalue weighted by atomic mass is 10.0. The van der Waals surface area contributed by atoms with Gasteiger partial charge in [-0.25, -0.2) is 9.97 Å². The van der Waals surface area contributed by atoms with Crippen LogP contribution in [0, 0.1) is 0 Å². The standard InChI is InChI=1S/C19H24N6O/c1-4-15(20)12-24(2)18-7-8-21-19(23-18)16-9-13(5-6-17(16)26)14-10-22-25(3)11-14/h5-11,15,26H,4,12,20H2,1-3H3/t15-/m0/s1. The van der Waals surface area contributed by atoms with Gasteiger partial charge in [0.25, 0.3) is 0 Å². The van der Waals surface area contributed by atoms with Crippen LogP contribution in [-0.2, 0) is 7.05 Å². The highest BCUT2D eigenvalue weighted by molar-refractivity contribution is 5.74. The Labute approximate surface area is 153 Å². The number of anilines is 1. The number of phenols is 1. The van der Waals surface area contributed by atoms with Gasteiger partial charge in [0.15, 0.2) is 5.82 Å². The molecule has 3 aromatic rings. The average molecular weight is 352 g/mol. The topological polar surface area (TPSA) is 93.1 Å². The second kappa shape index (κ2) is 7.53. The Balaban J connectivity index is 1.95. The van der Waals surface area contributed by atoms with Gasteiger partial charge >= 0.3 is 0 Å². The number of rotatable bonds is 6. The van der Waals surface area contributed by atoms with Crippen molar-refractivity contribution in [2.75, 3.05) is 18.5 Å². The van der Waals surface area contributed by atoms with Gasteiger partial charge in [0.2, 0.25) is 0 Å². The number of nitrogens with zero attached hydrogens (tertiary/aromatic N) is 5. The van der Waals surface area contributed by atoms with Crippen LogP contribution in [0.3, 0.4) is 0 Å². The van der Waals surface area contributed by atoms with E-state index in [1.54, 1.807) is 23.1 Å². The number of phenolic OH excluding ortho intramolecular Hbond substituents is 1. The minimum atomic E-state index is 0.0840. The van der Waals surface area contributed by atoms with E-state index < -0.39 is 0 Å². The molecule has 3 N–H and O–H groups in total. The van der Waals surface area contributed by atoms with Crippen LogP contribution in [0.1, 0.15) is 13.3 Å². The summed E-state index contributed by atoms with van der Waals surface area (Å²) in [5.74, 6) is 1.38. The maximum absolute atomic E-state index is 10.3. The summed E-state index contributed by atoms with van der Waals surface area (Å²) >= 11 is 0. The molecule has 0 unspecified atom stereocenters. The van der Waals surface area contributed by atoms with Crippen LogP contribution in [0.5, 0.6) is 5.75 Å². The normalized spacial score (nSPS) is 12.2. The van der Waals surface area contributed by atoms with Gasteiger partial charge in [0.05, 0.1) is 11.8 Å². The van der Waals surface area contributed by atoms with Crippen molar-refractivity contribution in [2.45, 2.75) is 19.4 Å². The largest absolute Gasteiger partial charge is 0.507 e. The molecule has 0 saturated heterocycles. The minimum absolute atomic E-state index is 0.0840. The van der Waals surface area contributed by atoms with E-state index in [0.717, 1.165) is 23.4 Å². The predicted molar refractivity (Wildman–Crippen MR) is 103 cm³/mol. The molecule has 26 heavy (non-hydrogen) atoms. The molecule has 0 saturated carbocycles. The van der Waals surface area contributed by atoms with Crippen LogP contribution in [0.25, 0.3) is 22.5 Å². The SMILES string of the molecule is CC[C@H](N)CN(C)c1ccnc(-c2cc(-c3cnn(C)c3)ccc2O)n1. The van der Waals surface area contributed by atoms with Crippen molar-refractivity contribution in [3.8, 4) is 28.3 Å². The first kappa shape index (κ1) is 17.9. The van der Waals surface area contributed by atoms with Gasteiger partial charge in [-0.05, 0) is 30.2 Å². The zero-order chi connectivity index (χ0) is 18.7. The van der Waals surface area contributed by atoms with Gasteiger partial charge in [0.1, 0.15) is 11.6 Å². The molecular formula is C19H24N6O. The Morgan fingerprint density at radius 1 is 1.27 bits per heavy atom. The van der Waals surface area contributed by atoms with E-state index >= 15 is 0 Å². The lowest BCUT2D eigenvalue weighted by Crippen LogP contribution is -2.35. The van der Waals surface area contributed by atoms with Crippen LogP contribution in [-0.4, -0.2) is 44.5 Å². The molecular weight excluding hydrogens is 328 g/mol. The van der Waals surface area contributed by atoms with E-state index in [0.29, 0.717) is 17.9 Å². The van der Waals surface area contributed by atoms with Crippen molar-refractivity contribution in [2.24, 2.45) is 12.8 Å². The number of benzene rings is 1. The van der Waals surface area contributed by atoms with Crippen molar-refractivity contribution in [1.82, 2.24) is 19.7 Å². The summed E-state index contributed by atoms with van der Waals surface area (Å²) in [5.41, 5.74) is 8.54. The van der Waals surface area contributed by atoms with Gasteiger partial charge in [-0.1, -0.05) is 13.0 Å². The number of aromatic hydroxyl groups is 1. The van der Waals surface area contributed by atoms with E-state index in [1.807, 2.05) is 43.4 Å². The number of hydrogen-bond acceptors (Lipinski definition) is 6. The molecule has 3 rings (SSSR count). The van der Waals surface area contributed by atoms with Gasteiger partial charge in [0, 0.05) is 44.6 Å². The number of aryl methyl sites for hydroxylation is 1. The lowest BCUT2D eigenvalue weighted by Gasteiger charge is -2.22. The number of hydrogen-bond donors (Lipinski definition) is 2. The Kier molecular flexibility index (Phi) is 5.18. The summed E-state index contributed by atoms with van der Waals surface area (Å²) in [6.07, 6.45) is 6.30. The predicted octanol–water partition coefficient (Wildman–Crippen LogP) is 2.42. The first-order chi connectivity index (χ1) is 12.5. The van der Waals surface area contributed by atoms with Crippen LogP contribution in [0.4, 0.5) is 5.82 Å². The fourth-order valence-electron chi connectivity index (χ4n) is 2.73. The number of aromatic nitrogens is 4. The smallest absolute Gasteiger partial charge is 0.165 e. The second-order valence-corrected chi connectivity index (χ2v) is 6.42. The number of nitrogens with two attached hydrogens (primary N) is 1. The van der Waals surface area contributed by atoms with E-state index in [-0.39, 0.29) is 11.8 Å². The average Bonchev–Trinajstić information content (AvgIpc) is 3.08. The highest BCUT2D eigenvalue weighted by atomic mass is 16.3. The fraction of sp³-hybridized carbons (Fsp3) is 0.316. The maximum Gasteiger partial charge on any atom is 0.165 e. The zero-order valence-corrected chi connectivity index (χ0v) is 15.3. The molecule has 0 spiro atoms. The molecule has 0 aliphatic carbocycles. The van der Waals surface area contributed by atoms with Crippen LogP contribution < -0.4 is 10.6 Å². The molecule has 1 atom stereocenters. The van der Waals surface area contributed by atoms with E-state index in [2.05, 4.69) is 22.0 Å². The summed E-state index contributed by atoms with van der Waals surface area (Å²) in [7, 11) is 3.82. The Hall–Kier alpha value is -2.93.